The first kappa shape index (κ1) is 10.3. The molecule has 0 bridgehead atoms. The fraction of sp³-hybridized carbons (Fsp3) is 0.125. The number of nitrogens with two attached hydrogens (primary N) is 1. The highest BCUT2D eigenvalue weighted by molar-refractivity contribution is 7.80. The van der Waals surface area contributed by atoms with E-state index in [2.05, 4.69) is 29.5 Å². The number of hydrogen-bond donors (Lipinski definition) is 2. The first-order valence-corrected chi connectivity index (χ1v) is 4.28. The number of nitro groups is 1. The smallest absolute Gasteiger partial charge is 0.288 e. The maximum atomic E-state index is 10.4. The molecule has 14 heavy (non-hydrogen) atoms. The van der Waals surface area contributed by atoms with Gasteiger partial charge in [0.1, 0.15) is 12.0 Å². The molecule has 0 saturated carbocycles. The van der Waals surface area contributed by atoms with Crippen LogP contribution in [0.15, 0.2) is 12.3 Å². The number of nitrogens with zero attached hydrogens (tertiary/aromatic N) is 2. The van der Waals surface area contributed by atoms with E-state index in [1.807, 2.05) is 0 Å². The zero-order chi connectivity index (χ0) is 10.6. The first-order chi connectivity index (χ1) is 6.65. The lowest BCUT2D eigenvalue weighted by Crippen LogP contribution is -1.97. The van der Waals surface area contributed by atoms with Crippen molar-refractivity contribution in [3.05, 3.63) is 27.9 Å². The van der Waals surface area contributed by atoms with E-state index in [0.29, 0.717) is 11.3 Å². The number of rotatable bonds is 1. The van der Waals surface area contributed by atoms with Gasteiger partial charge in [-0.15, -0.1) is 0 Å². The van der Waals surface area contributed by atoms with Crippen LogP contribution in [0.5, 0.6) is 0 Å². The molecule has 5 nitrogen and oxygen atoms in total. The first-order valence-electron chi connectivity index (χ1n) is 3.65. The molecule has 0 amide bonds. The highest BCUT2D eigenvalue weighted by atomic mass is 32.1. The zero-order valence-electron chi connectivity index (χ0n) is 7.10. The second-order valence-corrected chi connectivity index (χ2v) is 2.66. The Morgan fingerprint density at radius 3 is 3.00 bits per heavy atom. The van der Waals surface area contributed by atoms with Crippen LogP contribution in [-0.4, -0.2) is 15.7 Å². The number of nitrogen functional groups attached to an aromatic ring is 1. The summed E-state index contributed by atoms with van der Waals surface area (Å²) >= 11 is 3.88. The van der Waals surface area contributed by atoms with Crippen LogP contribution in [0.1, 0.15) is 5.56 Å². The predicted octanol–water partition coefficient (Wildman–Crippen LogP) is 0.853. The Morgan fingerprint density at radius 2 is 2.43 bits per heavy atom. The molecule has 6 heteroatoms. The largest absolute Gasteiger partial charge is 0.383 e. The third-order valence-corrected chi connectivity index (χ3v) is 1.58. The number of thiol groups is 1. The average Bonchev–Trinajstić information content (AvgIpc) is 2.16. The maximum Gasteiger partial charge on any atom is 0.288 e. The lowest BCUT2D eigenvalue weighted by Gasteiger charge is -1.96. The summed E-state index contributed by atoms with van der Waals surface area (Å²) in [6.07, 6.45) is 1.10. The van der Waals surface area contributed by atoms with Crippen LogP contribution in [0.2, 0.25) is 0 Å². The molecule has 1 aromatic heterocycles. The summed E-state index contributed by atoms with van der Waals surface area (Å²) in [4.78, 5) is 13.5. The summed E-state index contributed by atoms with van der Waals surface area (Å²) in [5, 5.41) is 10.4. The minimum atomic E-state index is -0.543. The van der Waals surface area contributed by atoms with E-state index in [4.69, 9.17) is 5.73 Å². The van der Waals surface area contributed by atoms with Crippen LogP contribution in [0.25, 0.3) is 0 Å². The van der Waals surface area contributed by atoms with Crippen molar-refractivity contribution in [1.82, 2.24) is 4.98 Å². The molecule has 0 aliphatic carbocycles. The van der Waals surface area contributed by atoms with Crippen LogP contribution in [0, 0.1) is 22.0 Å². The number of pyridine rings is 1. The van der Waals surface area contributed by atoms with E-state index in [1.165, 1.54) is 6.07 Å². The third kappa shape index (κ3) is 2.37. The summed E-state index contributed by atoms with van der Waals surface area (Å²) in [5.41, 5.74) is 5.70. The Kier molecular flexibility index (Phi) is 3.31. The summed E-state index contributed by atoms with van der Waals surface area (Å²) in [6.45, 7) is 0. The van der Waals surface area contributed by atoms with Gasteiger partial charge in [0.2, 0.25) is 0 Å². The van der Waals surface area contributed by atoms with Crippen LogP contribution in [-0.2, 0) is 0 Å². The van der Waals surface area contributed by atoms with Crippen LogP contribution in [0.4, 0.5) is 11.5 Å². The van der Waals surface area contributed by atoms with Gasteiger partial charge < -0.3 is 5.73 Å². The van der Waals surface area contributed by atoms with Crippen molar-refractivity contribution in [2.45, 2.75) is 0 Å². The zero-order valence-corrected chi connectivity index (χ0v) is 7.99. The van der Waals surface area contributed by atoms with E-state index in [-0.39, 0.29) is 11.5 Å². The van der Waals surface area contributed by atoms with E-state index < -0.39 is 4.92 Å². The quantitative estimate of drug-likeness (QED) is 0.311. The van der Waals surface area contributed by atoms with Gasteiger partial charge in [-0.2, -0.15) is 12.6 Å². The molecular weight excluding hydrogens is 202 g/mol. The van der Waals surface area contributed by atoms with Crippen LogP contribution < -0.4 is 5.73 Å². The Hall–Kier alpha value is -1.74. The van der Waals surface area contributed by atoms with Crippen molar-refractivity contribution >= 4 is 24.1 Å². The average molecular weight is 209 g/mol. The normalized spacial score (nSPS) is 8.93. The molecule has 0 spiro atoms. The van der Waals surface area contributed by atoms with Gasteiger partial charge in [0.15, 0.2) is 0 Å². The standard InChI is InChI=1S/C8H7N3O2S/c9-8-6(2-1-3-14)4-7(5-10-8)11(12)13/h4-5,14H,3H2,(H2,9,10). The molecule has 0 aliphatic rings. The fourth-order valence-electron chi connectivity index (χ4n) is 0.799. The minimum absolute atomic E-state index is 0.123. The minimum Gasteiger partial charge on any atom is -0.383 e. The number of hydrogen-bond acceptors (Lipinski definition) is 5. The molecule has 0 saturated heterocycles. The Bertz CT molecular complexity index is 422. The van der Waals surface area contributed by atoms with Gasteiger partial charge in [-0.1, -0.05) is 11.8 Å². The summed E-state index contributed by atoms with van der Waals surface area (Å²) in [5.74, 6) is 5.83. The van der Waals surface area contributed by atoms with E-state index in [0.717, 1.165) is 6.20 Å². The lowest BCUT2D eigenvalue weighted by atomic mass is 10.2. The fourth-order valence-corrected chi connectivity index (χ4v) is 0.878. The predicted molar refractivity (Wildman–Crippen MR) is 56.0 cm³/mol. The highest BCUT2D eigenvalue weighted by Gasteiger charge is 2.08. The summed E-state index contributed by atoms with van der Waals surface area (Å²) in [6, 6.07) is 1.29. The van der Waals surface area contributed by atoms with Gasteiger partial charge in [0.25, 0.3) is 5.69 Å². The van der Waals surface area contributed by atoms with E-state index in [9.17, 15) is 10.1 Å². The van der Waals surface area contributed by atoms with Gasteiger partial charge in [0.05, 0.1) is 16.2 Å². The van der Waals surface area contributed by atoms with Gasteiger partial charge in [0, 0.05) is 6.07 Å². The maximum absolute atomic E-state index is 10.4. The van der Waals surface area contributed by atoms with Gasteiger partial charge in [-0.05, 0) is 0 Å². The van der Waals surface area contributed by atoms with Crippen molar-refractivity contribution in [3.8, 4) is 11.8 Å². The van der Waals surface area contributed by atoms with Crippen molar-refractivity contribution in [3.63, 3.8) is 0 Å². The molecule has 0 unspecified atom stereocenters. The van der Waals surface area contributed by atoms with Gasteiger partial charge in [-0.25, -0.2) is 4.98 Å². The molecule has 0 aromatic carbocycles. The Labute approximate surface area is 85.9 Å². The number of anilines is 1. The van der Waals surface area contributed by atoms with Gasteiger partial charge >= 0.3 is 0 Å². The third-order valence-electron chi connectivity index (χ3n) is 1.42. The van der Waals surface area contributed by atoms with Crippen molar-refractivity contribution in [2.75, 3.05) is 11.5 Å². The molecule has 1 rings (SSSR count). The van der Waals surface area contributed by atoms with Crippen molar-refractivity contribution in [2.24, 2.45) is 0 Å². The second kappa shape index (κ2) is 4.48. The lowest BCUT2D eigenvalue weighted by molar-refractivity contribution is -0.385. The van der Waals surface area contributed by atoms with Crippen molar-refractivity contribution < 1.29 is 4.92 Å². The van der Waals surface area contributed by atoms with E-state index in [1.54, 1.807) is 0 Å². The SMILES string of the molecule is Nc1ncc([N+](=O)[O-])cc1C#CCS. The Morgan fingerprint density at radius 1 is 1.71 bits per heavy atom. The molecule has 0 atom stereocenters. The second-order valence-electron chi connectivity index (χ2n) is 2.34. The molecule has 0 radical (unpaired) electrons. The molecular formula is C8H7N3O2S. The topological polar surface area (TPSA) is 82.0 Å². The molecule has 72 valence electrons. The summed E-state index contributed by atoms with van der Waals surface area (Å²) in [7, 11) is 0. The Balaban J connectivity index is 3.14. The molecule has 0 fully saturated rings. The van der Waals surface area contributed by atoms with Crippen molar-refractivity contribution in [1.29, 1.82) is 0 Å². The van der Waals surface area contributed by atoms with Gasteiger partial charge in [-0.3, -0.25) is 10.1 Å². The molecule has 1 heterocycles. The molecule has 1 aromatic rings. The van der Waals surface area contributed by atoms with Crippen LogP contribution >= 0.6 is 12.6 Å². The monoisotopic (exact) mass is 209 g/mol. The highest BCUT2D eigenvalue weighted by Crippen LogP contribution is 2.15. The van der Waals surface area contributed by atoms with E-state index >= 15 is 0 Å². The van der Waals surface area contributed by atoms with Crippen LogP contribution in [0.3, 0.4) is 0 Å². The molecule has 2 N–H and O–H groups in total. The molecule has 0 aliphatic heterocycles. The number of aromatic nitrogens is 1. The summed E-state index contributed by atoms with van der Waals surface area (Å²) < 4.78 is 0.